The number of nitrogens with one attached hydrogen (secondary N) is 1. The molecule has 0 aliphatic carbocycles. The van der Waals surface area contributed by atoms with E-state index in [1.807, 2.05) is 19.1 Å². The number of piperidine rings is 1. The first-order valence-electron chi connectivity index (χ1n) is 7.27. The van der Waals surface area contributed by atoms with Gasteiger partial charge in [-0.25, -0.2) is 0 Å². The molecule has 0 spiro atoms. The summed E-state index contributed by atoms with van der Waals surface area (Å²) in [6.45, 7) is 4.54. The molecule has 2 aliphatic rings. The van der Waals surface area contributed by atoms with Crippen LogP contribution in [-0.2, 0) is 0 Å². The topological polar surface area (TPSA) is 39.1 Å². The van der Waals surface area contributed by atoms with E-state index < -0.39 is 0 Å². The molecule has 1 N–H and O–H groups in total. The first-order chi connectivity index (χ1) is 9.26. The van der Waals surface area contributed by atoms with Gasteiger partial charge in [-0.05, 0) is 62.9 Å². The van der Waals surface area contributed by atoms with Gasteiger partial charge in [-0.2, -0.15) is 5.26 Å². The summed E-state index contributed by atoms with van der Waals surface area (Å²) >= 11 is 0. The van der Waals surface area contributed by atoms with Gasteiger partial charge in [0.05, 0.1) is 11.6 Å². The molecular formula is C16H21N3. The van der Waals surface area contributed by atoms with Crippen molar-refractivity contribution in [3.63, 3.8) is 0 Å². The molecule has 0 bridgehead atoms. The van der Waals surface area contributed by atoms with Crippen LogP contribution in [0.15, 0.2) is 18.2 Å². The summed E-state index contributed by atoms with van der Waals surface area (Å²) < 4.78 is 0. The lowest BCUT2D eigenvalue weighted by Gasteiger charge is -2.35. The Morgan fingerprint density at radius 3 is 3.00 bits per heavy atom. The van der Waals surface area contributed by atoms with E-state index in [4.69, 9.17) is 5.26 Å². The van der Waals surface area contributed by atoms with Crippen molar-refractivity contribution in [2.75, 3.05) is 18.4 Å². The Hall–Kier alpha value is -1.53. The first-order valence-corrected chi connectivity index (χ1v) is 7.27. The van der Waals surface area contributed by atoms with E-state index >= 15 is 0 Å². The quantitative estimate of drug-likeness (QED) is 0.883. The molecule has 0 radical (unpaired) electrons. The lowest BCUT2D eigenvalue weighted by molar-refractivity contribution is 0.188. The van der Waals surface area contributed by atoms with Crippen LogP contribution >= 0.6 is 0 Å². The van der Waals surface area contributed by atoms with Gasteiger partial charge >= 0.3 is 0 Å². The predicted molar refractivity (Wildman–Crippen MR) is 77.1 cm³/mol. The zero-order valence-corrected chi connectivity index (χ0v) is 11.5. The Balaban J connectivity index is 1.65. The van der Waals surface area contributed by atoms with E-state index in [0.717, 1.165) is 22.9 Å². The lowest BCUT2D eigenvalue weighted by atomic mass is 9.97. The number of nitrogens with zero attached hydrogens (tertiary/aromatic N) is 2. The third kappa shape index (κ3) is 2.59. The summed E-state index contributed by atoms with van der Waals surface area (Å²) in [5, 5.41) is 12.6. The normalized spacial score (nSPS) is 26.7. The highest BCUT2D eigenvalue weighted by molar-refractivity contribution is 5.52. The van der Waals surface area contributed by atoms with Gasteiger partial charge in [-0.15, -0.1) is 0 Å². The minimum Gasteiger partial charge on any atom is -0.382 e. The van der Waals surface area contributed by atoms with Crippen molar-refractivity contribution in [3.05, 3.63) is 29.3 Å². The molecule has 3 rings (SSSR count). The Bertz CT molecular complexity index is 503. The van der Waals surface area contributed by atoms with Crippen LogP contribution in [0.4, 0.5) is 5.69 Å². The van der Waals surface area contributed by atoms with Crippen LogP contribution in [0, 0.1) is 18.3 Å². The van der Waals surface area contributed by atoms with E-state index in [9.17, 15) is 0 Å². The van der Waals surface area contributed by atoms with E-state index in [1.54, 1.807) is 0 Å². The molecule has 1 aromatic rings. The number of nitriles is 1. The fourth-order valence-corrected chi connectivity index (χ4v) is 3.47. The number of aryl methyl sites for hydroxylation is 1. The van der Waals surface area contributed by atoms with Gasteiger partial charge in [0.2, 0.25) is 0 Å². The predicted octanol–water partition coefficient (Wildman–Crippen LogP) is 2.91. The van der Waals surface area contributed by atoms with Gasteiger partial charge in [0, 0.05) is 24.3 Å². The molecule has 1 aromatic carbocycles. The second kappa shape index (κ2) is 5.22. The molecule has 19 heavy (non-hydrogen) atoms. The molecule has 2 atom stereocenters. The van der Waals surface area contributed by atoms with Crippen molar-refractivity contribution in [1.29, 1.82) is 5.26 Å². The van der Waals surface area contributed by atoms with Crippen LogP contribution in [-0.4, -0.2) is 30.1 Å². The van der Waals surface area contributed by atoms with Crippen LogP contribution in [0.1, 0.15) is 36.8 Å². The maximum atomic E-state index is 8.96. The molecule has 2 unspecified atom stereocenters. The van der Waals surface area contributed by atoms with Crippen molar-refractivity contribution < 1.29 is 0 Å². The van der Waals surface area contributed by atoms with Gasteiger partial charge in [-0.1, -0.05) is 0 Å². The van der Waals surface area contributed by atoms with E-state index in [-0.39, 0.29) is 0 Å². The van der Waals surface area contributed by atoms with Crippen LogP contribution in [0.2, 0.25) is 0 Å². The van der Waals surface area contributed by atoms with Crippen LogP contribution in [0.5, 0.6) is 0 Å². The average Bonchev–Trinajstić information content (AvgIpc) is 2.86. The van der Waals surface area contributed by atoms with Crippen LogP contribution in [0.3, 0.4) is 0 Å². The lowest BCUT2D eigenvalue weighted by Crippen LogP contribution is -2.42. The molecule has 2 saturated heterocycles. The Kier molecular flexibility index (Phi) is 3.44. The van der Waals surface area contributed by atoms with E-state index in [0.29, 0.717) is 6.04 Å². The fourth-order valence-electron chi connectivity index (χ4n) is 3.47. The number of hydrogen-bond donors (Lipinski definition) is 1. The molecule has 2 heterocycles. The van der Waals surface area contributed by atoms with Gasteiger partial charge in [-0.3, -0.25) is 0 Å². The van der Waals surface area contributed by atoms with Crippen molar-refractivity contribution in [1.82, 2.24) is 4.90 Å². The summed E-state index contributed by atoms with van der Waals surface area (Å²) in [7, 11) is 0. The zero-order chi connectivity index (χ0) is 13.2. The average molecular weight is 255 g/mol. The first kappa shape index (κ1) is 12.5. The number of benzene rings is 1. The van der Waals surface area contributed by atoms with Crippen LogP contribution < -0.4 is 5.32 Å². The summed E-state index contributed by atoms with van der Waals surface area (Å²) in [4.78, 5) is 2.64. The van der Waals surface area contributed by atoms with Gasteiger partial charge in [0.1, 0.15) is 0 Å². The number of anilines is 1. The van der Waals surface area contributed by atoms with E-state index in [2.05, 4.69) is 22.4 Å². The summed E-state index contributed by atoms with van der Waals surface area (Å²) in [5.41, 5.74) is 3.00. The third-order valence-electron chi connectivity index (χ3n) is 4.54. The van der Waals surface area contributed by atoms with Gasteiger partial charge < -0.3 is 10.2 Å². The SMILES string of the molecule is Cc1cc(NC2CCN3CCCC3C2)ccc1C#N. The molecule has 0 amide bonds. The molecule has 2 fully saturated rings. The molecule has 3 heteroatoms. The minimum absolute atomic E-state index is 0.590. The van der Waals surface area contributed by atoms with Crippen molar-refractivity contribution in [3.8, 4) is 6.07 Å². The standard InChI is InChI=1S/C16H21N3/c1-12-9-14(5-4-13(12)11-17)18-15-6-8-19-7-2-3-16(19)10-15/h4-5,9,15-16,18H,2-3,6-8,10H2,1H3. The Morgan fingerprint density at radius 2 is 2.21 bits per heavy atom. The molecule has 0 saturated carbocycles. The maximum Gasteiger partial charge on any atom is 0.0994 e. The van der Waals surface area contributed by atoms with Crippen molar-refractivity contribution >= 4 is 5.69 Å². The second-order valence-corrected chi connectivity index (χ2v) is 5.84. The molecule has 2 aliphatic heterocycles. The van der Waals surface area contributed by atoms with Crippen molar-refractivity contribution in [2.24, 2.45) is 0 Å². The van der Waals surface area contributed by atoms with Gasteiger partial charge in [0.15, 0.2) is 0 Å². The molecule has 0 aromatic heterocycles. The Labute approximate surface area is 115 Å². The zero-order valence-electron chi connectivity index (χ0n) is 11.5. The second-order valence-electron chi connectivity index (χ2n) is 5.84. The molecular weight excluding hydrogens is 234 g/mol. The highest BCUT2D eigenvalue weighted by Gasteiger charge is 2.31. The van der Waals surface area contributed by atoms with Gasteiger partial charge in [0.25, 0.3) is 0 Å². The minimum atomic E-state index is 0.590. The summed E-state index contributed by atoms with van der Waals surface area (Å²) in [6, 6.07) is 9.66. The summed E-state index contributed by atoms with van der Waals surface area (Å²) in [6.07, 6.45) is 5.23. The number of fused-ring (bicyclic) bond motifs is 1. The monoisotopic (exact) mass is 255 g/mol. The number of hydrogen-bond acceptors (Lipinski definition) is 3. The summed E-state index contributed by atoms with van der Waals surface area (Å²) in [5.74, 6) is 0. The van der Waals surface area contributed by atoms with Crippen molar-refractivity contribution in [2.45, 2.75) is 44.7 Å². The van der Waals surface area contributed by atoms with E-state index in [1.165, 1.54) is 38.8 Å². The maximum absolute atomic E-state index is 8.96. The smallest absolute Gasteiger partial charge is 0.0994 e. The molecule has 100 valence electrons. The largest absolute Gasteiger partial charge is 0.382 e. The fraction of sp³-hybridized carbons (Fsp3) is 0.562. The van der Waals surface area contributed by atoms with Crippen LogP contribution in [0.25, 0.3) is 0 Å². The Morgan fingerprint density at radius 1 is 1.32 bits per heavy atom. The number of rotatable bonds is 2. The third-order valence-corrected chi connectivity index (χ3v) is 4.54. The highest BCUT2D eigenvalue weighted by Crippen LogP contribution is 2.28. The highest BCUT2D eigenvalue weighted by atomic mass is 15.2. The molecule has 3 nitrogen and oxygen atoms in total.